The number of nitrogens with zero attached hydrogens (tertiary/aromatic N) is 4. The lowest BCUT2D eigenvalue weighted by atomic mass is 9.99. The molecule has 0 unspecified atom stereocenters. The van der Waals surface area contributed by atoms with Gasteiger partial charge < -0.3 is 15.5 Å². The van der Waals surface area contributed by atoms with Gasteiger partial charge in [-0.3, -0.25) is 9.48 Å². The first-order chi connectivity index (χ1) is 17.5. The number of hydrogen-bond donors (Lipinski definition) is 2. The average Bonchev–Trinajstić information content (AvgIpc) is 3.28. The number of benzene rings is 1. The Morgan fingerprint density at radius 3 is 2.70 bits per heavy atom. The second kappa shape index (κ2) is 10.7. The predicted molar refractivity (Wildman–Crippen MR) is 136 cm³/mol. The fourth-order valence-corrected chi connectivity index (χ4v) is 4.31. The Bertz CT molecular complexity index is 1330. The molecular weight excluding hydrogens is 488 g/mol. The van der Waals surface area contributed by atoms with E-state index in [1.165, 1.54) is 17.0 Å². The van der Waals surface area contributed by atoms with Crippen molar-refractivity contribution in [3.63, 3.8) is 0 Å². The van der Waals surface area contributed by atoms with Crippen LogP contribution in [0.25, 0.3) is 22.4 Å². The molecule has 3 aromatic rings. The standard InChI is InChI=1S/C26H28F4N6O/c1-16(26(28,29)30)24-18-7-4-8-21(34-22-10-13-35(2)15-20(22)27)19(18)14-17(33-24)6-5-11-31-25(37)23-9-12-32-36(23)3/h4-9,12,14,20,22,34H,1,10-11,13,15H2,2-3H3,(H,31,37)/b6-5+/t20-,22+/m0/s1. The minimum Gasteiger partial charge on any atom is -0.379 e. The van der Waals surface area contributed by atoms with E-state index >= 15 is 0 Å². The van der Waals surface area contributed by atoms with Gasteiger partial charge in [0.1, 0.15) is 11.9 Å². The summed E-state index contributed by atoms with van der Waals surface area (Å²) in [7, 11) is 3.49. The number of nitrogens with one attached hydrogen (secondary N) is 2. The molecule has 4 rings (SSSR count). The molecule has 1 fully saturated rings. The van der Waals surface area contributed by atoms with E-state index in [2.05, 4.69) is 27.3 Å². The highest BCUT2D eigenvalue weighted by atomic mass is 19.4. The number of hydrogen-bond acceptors (Lipinski definition) is 5. The zero-order valence-corrected chi connectivity index (χ0v) is 20.5. The highest BCUT2D eigenvalue weighted by Gasteiger charge is 2.35. The second-order valence-electron chi connectivity index (χ2n) is 9.04. The van der Waals surface area contributed by atoms with E-state index in [-0.39, 0.29) is 35.8 Å². The molecule has 0 spiro atoms. The number of likely N-dealkylation sites (tertiary alicyclic amines) is 1. The molecular formula is C26H28F4N6O. The van der Waals surface area contributed by atoms with Crippen molar-refractivity contribution in [3.05, 3.63) is 66.3 Å². The normalized spacial score (nSPS) is 18.9. The third-order valence-corrected chi connectivity index (χ3v) is 6.33. The predicted octanol–water partition coefficient (Wildman–Crippen LogP) is 4.44. The lowest BCUT2D eigenvalue weighted by Crippen LogP contribution is -2.46. The zero-order chi connectivity index (χ0) is 26.7. The number of aromatic nitrogens is 3. The minimum atomic E-state index is -4.68. The molecule has 11 heteroatoms. The van der Waals surface area contributed by atoms with Gasteiger partial charge in [0.25, 0.3) is 5.91 Å². The number of fused-ring (bicyclic) bond motifs is 1. The summed E-state index contributed by atoms with van der Waals surface area (Å²) in [5.74, 6) is -0.340. The van der Waals surface area contributed by atoms with Crippen molar-refractivity contribution in [1.29, 1.82) is 0 Å². The van der Waals surface area contributed by atoms with Gasteiger partial charge in [-0.2, -0.15) is 18.3 Å². The second-order valence-corrected chi connectivity index (χ2v) is 9.04. The van der Waals surface area contributed by atoms with Crippen molar-refractivity contribution in [3.8, 4) is 0 Å². The monoisotopic (exact) mass is 516 g/mol. The lowest BCUT2D eigenvalue weighted by molar-refractivity contribution is -0.0688. The highest BCUT2D eigenvalue weighted by Crippen LogP contribution is 2.37. The lowest BCUT2D eigenvalue weighted by Gasteiger charge is -2.33. The van der Waals surface area contributed by atoms with Gasteiger partial charge >= 0.3 is 6.18 Å². The van der Waals surface area contributed by atoms with Crippen LogP contribution in [0.1, 0.15) is 28.3 Å². The highest BCUT2D eigenvalue weighted by molar-refractivity contribution is 6.01. The summed E-state index contributed by atoms with van der Waals surface area (Å²) in [6.07, 6.45) is -0.622. The summed E-state index contributed by atoms with van der Waals surface area (Å²) < 4.78 is 57.0. The van der Waals surface area contributed by atoms with Crippen LogP contribution >= 0.6 is 0 Å². The number of halogens is 4. The van der Waals surface area contributed by atoms with Crippen molar-refractivity contribution in [2.75, 3.05) is 32.0 Å². The van der Waals surface area contributed by atoms with E-state index < -0.39 is 24.0 Å². The van der Waals surface area contributed by atoms with Gasteiger partial charge in [0.15, 0.2) is 0 Å². The maximum atomic E-state index is 14.7. The Balaban J connectivity index is 1.64. The van der Waals surface area contributed by atoms with Gasteiger partial charge in [-0.25, -0.2) is 9.37 Å². The van der Waals surface area contributed by atoms with Crippen LogP contribution < -0.4 is 10.6 Å². The Kier molecular flexibility index (Phi) is 7.63. The van der Waals surface area contributed by atoms with Crippen molar-refractivity contribution in [2.24, 2.45) is 7.05 Å². The molecule has 1 saturated heterocycles. The smallest absolute Gasteiger partial charge is 0.379 e. The molecule has 37 heavy (non-hydrogen) atoms. The van der Waals surface area contributed by atoms with Gasteiger partial charge in [0, 0.05) is 49.3 Å². The van der Waals surface area contributed by atoms with Crippen LogP contribution in [0, 0.1) is 0 Å². The Hall–Kier alpha value is -3.73. The minimum absolute atomic E-state index is 0.123. The van der Waals surface area contributed by atoms with Crippen LogP contribution in [0.2, 0.25) is 0 Å². The number of carbonyl (C=O) groups is 1. The molecule has 1 aromatic carbocycles. The van der Waals surface area contributed by atoms with Gasteiger partial charge in [-0.15, -0.1) is 0 Å². The number of amides is 1. The first-order valence-electron chi connectivity index (χ1n) is 11.8. The molecule has 0 bridgehead atoms. The van der Waals surface area contributed by atoms with Crippen molar-refractivity contribution < 1.29 is 22.4 Å². The van der Waals surface area contributed by atoms with Crippen LogP contribution in [-0.2, 0) is 7.05 Å². The first-order valence-corrected chi connectivity index (χ1v) is 11.8. The molecule has 1 aliphatic rings. The van der Waals surface area contributed by atoms with Crippen molar-refractivity contribution in [2.45, 2.75) is 24.8 Å². The number of anilines is 1. The molecule has 1 aliphatic heterocycles. The number of allylic oxidation sites excluding steroid dienone is 1. The Morgan fingerprint density at radius 1 is 1.24 bits per heavy atom. The summed E-state index contributed by atoms with van der Waals surface area (Å²) in [6, 6.07) is 7.63. The van der Waals surface area contributed by atoms with E-state index in [1.54, 1.807) is 43.5 Å². The quantitative estimate of drug-likeness (QED) is 0.454. The first kappa shape index (κ1) is 26.3. The summed E-state index contributed by atoms with van der Waals surface area (Å²) in [5.41, 5.74) is -0.231. The molecule has 2 atom stereocenters. The number of rotatable bonds is 7. The average molecular weight is 517 g/mol. The van der Waals surface area contributed by atoms with Gasteiger partial charge in [0.05, 0.1) is 23.0 Å². The van der Waals surface area contributed by atoms with E-state index in [4.69, 9.17) is 0 Å². The fourth-order valence-electron chi connectivity index (χ4n) is 4.31. The van der Waals surface area contributed by atoms with Crippen molar-refractivity contribution >= 4 is 34.0 Å². The Labute approximate surface area is 211 Å². The molecule has 1 amide bonds. The zero-order valence-electron chi connectivity index (χ0n) is 20.5. The van der Waals surface area contributed by atoms with E-state index in [1.807, 2.05) is 11.9 Å². The van der Waals surface area contributed by atoms with Crippen LogP contribution in [0.5, 0.6) is 0 Å². The molecule has 3 heterocycles. The van der Waals surface area contributed by atoms with Crippen LogP contribution in [0.4, 0.5) is 23.2 Å². The number of aryl methyl sites for hydroxylation is 1. The van der Waals surface area contributed by atoms with E-state index in [9.17, 15) is 22.4 Å². The molecule has 0 saturated carbocycles. The van der Waals surface area contributed by atoms with E-state index in [0.29, 0.717) is 29.7 Å². The van der Waals surface area contributed by atoms with Gasteiger partial charge in [-0.1, -0.05) is 24.8 Å². The third-order valence-electron chi connectivity index (χ3n) is 6.33. The molecule has 7 nitrogen and oxygen atoms in total. The summed E-state index contributed by atoms with van der Waals surface area (Å²) in [5, 5.41) is 10.6. The summed E-state index contributed by atoms with van der Waals surface area (Å²) in [6.45, 7) is 4.35. The fraction of sp³-hybridized carbons (Fsp3) is 0.346. The number of carbonyl (C=O) groups excluding carboxylic acids is 1. The van der Waals surface area contributed by atoms with Crippen LogP contribution in [-0.4, -0.2) is 70.6 Å². The largest absolute Gasteiger partial charge is 0.417 e. The number of pyridine rings is 1. The SMILES string of the molecule is C=C(c1nc(/C=C/CNC(=O)c2ccnn2C)cc2c(N[C@@H]3CCN(C)C[C@@H]3F)cccc12)C(F)(F)F. The molecule has 196 valence electrons. The molecule has 0 radical (unpaired) electrons. The maximum Gasteiger partial charge on any atom is 0.417 e. The topological polar surface area (TPSA) is 75.1 Å². The number of alkyl halides is 4. The van der Waals surface area contributed by atoms with Crippen LogP contribution in [0.3, 0.4) is 0 Å². The molecule has 2 aromatic heterocycles. The Morgan fingerprint density at radius 2 is 2.03 bits per heavy atom. The molecule has 2 N–H and O–H groups in total. The maximum absolute atomic E-state index is 14.7. The summed E-state index contributed by atoms with van der Waals surface area (Å²) in [4.78, 5) is 18.4. The summed E-state index contributed by atoms with van der Waals surface area (Å²) >= 11 is 0. The van der Waals surface area contributed by atoms with Crippen LogP contribution in [0.15, 0.2) is 49.2 Å². The van der Waals surface area contributed by atoms with Gasteiger partial charge in [0.2, 0.25) is 0 Å². The van der Waals surface area contributed by atoms with Gasteiger partial charge in [-0.05, 0) is 37.7 Å². The number of piperidine rings is 1. The van der Waals surface area contributed by atoms with Crippen molar-refractivity contribution in [1.82, 2.24) is 25.0 Å². The third kappa shape index (κ3) is 5.99. The van der Waals surface area contributed by atoms with E-state index in [0.717, 1.165) is 0 Å². The molecule has 0 aliphatic carbocycles.